The molecule has 1 aromatic heterocycles. The maximum absolute atomic E-state index is 13.0. The second-order valence-electron chi connectivity index (χ2n) is 7.48. The van der Waals surface area contributed by atoms with Crippen molar-refractivity contribution in [3.05, 3.63) is 54.0 Å². The molecule has 138 valence electrons. The average Bonchev–Trinajstić information content (AvgIpc) is 3.12. The number of rotatable bonds is 4. The highest BCUT2D eigenvalue weighted by Gasteiger charge is 2.40. The van der Waals surface area contributed by atoms with Crippen LogP contribution in [0.5, 0.6) is 0 Å². The molecule has 0 spiro atoms. The number of aryl methyl sites for hydroxylation is 1. The third kappa shape index (κ3) is 3.36. The van der Waals surface area contributed by atoms with Crippen LogP contribution in [0.2, 0.25) is 0 Å². The number of furan rings is 1. The van der Waals surface area contributed by atoms with Gasteiger partial charge in [0.15, 0.2) is 0 Å². The van der Waals surface area contributed by atoms with Crippen molar-refractivity contribution in [3.8, 4) is 0 Å². The zero-order chi connectivity index (χ0) is 18.1. The Morgan fingerprint density at radius 1 is 1.19 bits per heavy atom. The third-order valence-corrected chi connectivity index (χ3v) is 5.88. The second-order valence-corrected chi connectivity index (χ2v) is 7.48. The number of carbonyl (C=O) groups is 1. The second kappa shape index (κ2) is 7.16. The van der Waals surface area contributed by atoms with Crippen LogP contribution in [0.3, 0.4) is 0 Å². The van der Waals surface area contributed by atoms with E-state index in [1.165, 1.54) is 12.8 Å². The predicted octanol–water partition coefficient (Wildman–Crippen LogP) is 4.36. The van der Waals surface area contributed by atoms with Gasteiger partial charge >= 0.3 is 6.09 Å². The smallest absolute Gasteiger partial charge is 0.414 e. The highest BCUT2D eigenvalue weighted by molar-refractivity contribution is 5.87. The number of anilines is 1. The molecular weight excluding hydrogens is 328 g/mol. The number of ether oxygens (including phenoxy) is 1. The van der Waals surface area contributed by atoms with Crippen molar-refractivity contribution < 1.29 is 13.9 Å². The first-order chi connectivity index (χ1) is 12.6. The van der Waals surface area contributed by atoms with Gasteiger partial charge in [0.1, 0.15) is 11.9 Å². The SMILES string of the molecule is Cc1ccoc1CN(C(=O)OC1C[C@H]2CC[C@@H](C1)N2C)c1ccccc1. The number of hydrogen-bond donors (Lipinski definition) is 0. The molecule has 2 fully saturated rings. The molecule has 3 atom stereocenters. The van der Waals surface area contributed by atoms with Crippen molar-refractivity contribution in [3.63, 3.8) is 0 Å². The molecule has 5 nitrogen and oxygen atoms in total. The summed E-state index contributed by atoms with van der Waals surface area (Å²) >= 11 is 0. The van der Waals surface area contributed by atoms with Crippen LogP contribution in [0.1, 0.15) is 37.0 Å². The van der Waals surface area contributed by atoms with Gasteiger partial charge in [-0.15, -0.1) is 0 Å². The van der Waals surface area contributed by atoms with Crippen molar-refractivity contribution in [2.24, 2.45) is 0 Å². The fraction of sp³-hybridized carbons (Fsp3) is 0.476. The van der Waals surface area contributed by atoms with E-state index in [1.54, 1.807) is 11.2 Å². The number of fused-ring (bicyclic) bond motifs is 2. The molecule has 2 saturated heterocycles. The number of carbonyl (C=O) groups excluding carboxylic acids is 1. The van der Waals surface area contributed by atoms with Gasteiger partial charge in [0.05, 0.1) is 12.8 Å². The molecule has 3 heterocycles. The Balaban J connectivity index is 1.50. The predicted molar refractivity (Wildman–Crippen MR) is 100 cm³/mol. The molecule has 0 radical (unpaired) electrons. The van der Waals surface area contributed by atoms with Gasteiger partial charge in [0, 0.05) is 30.6 Å². The minimum atomic E-state index is -0.291. The highest BCUT2D eigenvalue weighted by Crippen LogP contribution is 2.36. The Bertz CT molecular complexity index is 744. The summed E-state index contributed by atoms with van der Waals surface area (Å²) in [6.45, 7) is 2.36. The number of piperidine rings is 1. The van der Waals surface area contributed by atoms with Crippen molar-refractivity contribution in [1.29, 1.82) is 0 Å². The molecule has 26 heavy (non-hydrogen) atoms. The van der Waals surface area contributed by atoms with Crippen LogP contribution >= 0.6 is 0 Å². The molecule has 2 bridgehead atoms. The topological polar surface area (TPSA) is 45.9 Å². The summed E-state index contributed by atoms with van der Waals surface area (Å²) < 4.78 is 11.5. The Hall–Kier alpha value is -2.27. The number of benzene rings is 1. The van der Waals surface area contributed by atoms with Crippen LogP contribution in [-0.4, -0.2) is 36.2 Å². The van der Waals surface area contributed by atoms with E-state index in [9.17, 15) is 4.79 Å². The van der Waals surface area contributed by atoms with E-state index in [-0.39, 0.29) is 12.2 Å². The lowest BCUT2D eigenvalue weighted by Gasteiger charge is -2.36. The normalized spacial score (nSPS) is 25.2. The van der Waals surface area contributed by atoms with Gasteiger partial charge < -0.3 is 14.1 Å². The van der Waals surface area contributed by atoms with Crippen molar-refractivity contribution in [1.82, 2.24) is 4.90 Å². The largest absolute Gasteiger partial charge is 0.467 e. The summed E-state index contributed by atoms with van der Waals surface area (Å²) in [5.41, 5.74) is 1.86. The number of amides is 1. The Kier molecular flexibility index (Phi) is 4.72. The van der Waals surface area contributed by atoms with E-state index in [2.05, 4.69) is 11.9 Å². The molecule has 4 rings (SSSR count). The van der Waals surface area contributed by atoms with E-state index < -0.39 is 0 Å². The lowest BCUT2D eigenvalue weighted by atomic mass is 10.0. The first-order valence-electron chi connectivity index (χ1n) is 9.40. The van der Waals surface area contributed by atoms with Gasteiger partial charge in [0.2, 0.25) is 0 Å². The minimum absolute atomic E-state index is 0.000102. The number of nitrogens with zero attached hydrogens (tertiary/aromatic N) is 2. The van der Waals surface area contributed by atoms with E-state index in [1.807, 2.05) is 43.3 Å². The zero-order valence-electron chi connectivity index (χ0n) is 15.4. The number of para-hydroxylation sites is 1. The lowest BCUT2D eigenvalue weighted by Crippen LogP contribution is -2.45. The van der Waals surface area contributed by atoms with Crippen LogP contribution in [0.15, 0.2) is 47.1 Å². The summed E-state index contributed by atoms with van der Waals surface area (Å²) in [6.07, 6.45) is 5.66. The third-order valence-electron chi connectivity index (χ3n) is 5.88. The van der Waals surface area contributed by atoms with Crippen LogP contribution in [0, 0.1) is 6.92 Å². The molecule has 2 aromatic rings. The van der Waals surface area contributed by atoms with E-state index in [0.29, 0.717) is 18.6 Å². The maximum atomic E-state index is 13.0. The molecule has 2 aliphatic heterocycles. The molecule has 5 heteroatoms. The molecule has 0 N–H and O–H groups in total. The molecule has 2 aliphatic rings. The first-order valence-corrected chi connectivity index (χ1v) is 9.40. The summed E-state index contributed by atoms with van der Waals surface area (Å²) in [6, 6.07) is 12.7. The van der Waals surface area contributed by atoms with Gasteiger partial charge in [0.25, 0.3) is 0 Å². The Morgan fingerprint density at radius 3 is 2.50 bits per heavy atom. The molecule has 0 aliphatic carbocycles. The summed E-state index contributed by atoms with van der Waals surface area (Å²) in [4.78, 5) is 17.1. The summed E-state index contributed by atoms with van der Waals surface area (Å²) in [7, 11) is 2.19. The van der Waals surface area contributed by atoms with Crippen LogP contribution < -0.4 is 4.90 Å². The monoisotopic (exact) mass is 354 g/mol. The fourth-order valence-electron chi connectivity index (χ4n) is 4.24. The minimum Gasteiger partial charge on any atom is -0.467 e. The van der Waals surface area contributed by atoms with E-state index in [0.717, 1.165) is 29.9 Å². The van der Waals surface area contributed by atoms with Gasteiger partial charge in [-0.25, -0.2) is 4.79 Å². The van der Waals surface area contributed by atoms with E-state index in [4.69, 9.17) is 9.15 Å². The Morgan fingerprint density at radius 2 is 1.88 bits per heavy atom. The zero-order valence-corrected chi connectivity index (χ0v) is 15.4. The first kappa shape index (κ1) is 17.2. The van der Waals surface area contributed by atoms with Crippen LogP contribution in [0.4, 0.5) is 10.5 Å². The summed E-state index contributed by atoms with van der Waals surface area (Å²) in [5.74, 6) is 0.786. The molecular formula is C21H26N2O3. The van der Waals surface area contributed by atoms with Gasteiger partial charge in [-0.3, -0.25) is 4.90 Å². The quantitative estimate of drug-likeness (QED) is 0.818. The Labute approximate surface area is 154 Å². The molecule has 0 saturated carbocycles. The standard InChI is InChI=1S/C21H26N2O3/c1-15-10-11-25-20(15)14-23(16-6-4-3-5-7-16)21(24)26-19-12-17-8-9-18(13-19)22(17)2/h3-7,10-11,17-19H,8-9,12-14H2,1-2H3/t17-,18+,19?. The van der Waals surface area contributed by atoms with Crippen LogP contribution in [-0.2, 0) is 11.3 Å². The lowest BCUT2D eigenvalue weighted by molar-refractivity contribution is 0.0313. The summed E-state index contributed by atoms with van der Waals surface area (Å²) in [5, 5.41) is 0. The van der Waals surface area contributed by atoms with E-state index >= 15 is 0 Å². The highest BCUT2D eigenvalue weighted by atomic mass is 16.6. The molecule has 1 aromatic carbocycles. The van der Waals surface area contributed by atoms with Crippen LogP contribution in [0.25, 0.3) is 0 Å². The average molecular weight is 354 g/mol. The van der Waals surface area contributed by atoms with Gasteiger partial charge in [-0.2, -0.15) is 0 Å². The number of hydrogen-bond acceptors (Lipinski definition) is 4. The van der Waals surface area contributed by atoms with Crippen molar-refractivity contribution in [2.45, 2.75) is 57.3 Å². The maximum Gasteiger partial charge on any atom is 0.414 e. The van der Waals surface area contributed by atoms with Crippen molar-refractivity contribution in [2.75, 3.05) is 11.9 Å². The van der Waals surface area contributed by atoms with Crippen molar-refractivity contribution >= 4 is 11.8 Å². The molecule has 1 unspecified atom stereocenters. The van der Waals surface area contributed by atoms with Gasteiger partial charge in [-0.1, -0.05) is 18.2 Å². The van der Waals surface area contributed by atoms with Gasteiger partial charge in [-0.05, 0) is 50.6 Å². The fourth-order valence-corrected chi connectivity index (χ4v) is 4.24. The molecule has 1 amide bonds.